The number of amides is 1. The highest BCUT2D eigenvalue weighted by Crippen LogP contribution is 2.20. The Bertz CT molecular complexity index is 539. The molecule has 24 heavy (non-hydrogen) atoms. The molecule has 1 aromatic heterocycles. The first-order valence-electron chi connectivity index (χ1n) is 9.23. The summed E-state index contributed by atoms with van der Waals surface area (Å²) in [7, 11) is 2.20. The third kappa shape index (κ3) is 4.77. The van der Waals surface area contributed by atoms with Crippen LogP contribution in [0.4, 0.5) is 0 Å². The Morgan fingerprint density at radius 1 is 1.25 bits per heavy atom. The quantitative estimate of drug-likeness (QED) is 0.817. The molecule has 0 spiro atoms. The number of thiazole rings is 1. The smallest absolute Gasteiger partial charge is 0.222 e. The monoisotopic (exact) mass is 350 g/mol. The van der Waals surface area contributed by atoms with Gasteiger partial charge in [0.1, 0.15) is 0 Å². The van der Waals surface area contributed by atoms with Crippen molar-refractivity contribution >= 4 is 17.2 Å². The second-order valence-electron chi connectivity index (χ2n) is 7.18. The molecule has 5 nitrogen and oxygen atoms in total. The lowest BCUT2D eigenvalue weighted by Crippen LogP contribution is -2.48. The lowest BCUT2D eigenvalue weighted by Gasteiger charge is -2.36. The fraction of sp³-hybridized carbons (Fsp3) is 0.778. The van der Waals surface area contributed by atoms with Crippen LogP contribution in [-0.4, -0.2) is 71.4 Å². The molecule has 6 heteroatoms. The normalized spacial score (nSPS) is 23.6. The van der Waals surface area contributed by atoms with Gasteiger partial charge in [0.05, 0.1) is 10.7 Å². The molecule has 2 fully saturated rings. The van der Waals surface area contributed by atoms with Crippen LogP contribution in [0.2, 0.25) is 0 Å². The Labute approximate surface area is 149 Å². The van der Waals surface area contributed by atoms with Crippen molar-refractivity contribution in [3.63, 3.8) is 0 Å². The minimum absolute atomic E-state index is 0.345. The van der Waals surface area contributed by atoms with Crippen LogP contribution in [0, 0.1) is 6.92 Å². The van der Waals surface area contributed by atoms with Gasteiger partial charge in [0, 0.05) is 50.6 Å². The summed E-state index contributed by atoms with van der Waals surface area (Å²) in [4.78, 5) is 23.9. The highest BCUT2D eigenvalue weighted by atomic mass is 32.1. The molecule has 0 saturated carbocycles. The average molecular weight is 351 g/mol. The van der Waals surface area contributed by atoms with Crippen LogP contribution in [0.3, 0.4) is 0 Å². The zero-order valence-electron chi connectivity index (χ0n) is 15.0. The van der Waals surface area contributed by atoms with Gasteiger partial charge in [-0.1, -0.05) is 6.42 Å². The van der Waals surface area contributed by atoms with E-state index in [0.717, 1.165) is 49.8 Å². The van der Waals surface area contributed by atoms with E-state index in [1.807, 2.05) is 0 Å². The van der Waals surface area contributed by atoms with Crippen molar-refractivity contribution in [1.29, 1.82) is 0 Å². The summed E-state index contributed by atoms with van der Waals surface area (Å²) >= 11 is 1.71. The van der Waals surface area contributed by atoms with E-state index in [2.05, 4.69) is 39.0 Å². The van der Waals surface area contributed by atoms with Crippen LogP contribution in [0.5, 0.6) is 0 Å². The molecule has 3 heterocycles. The molecule has 0 aliphatic carbocycles. The standard InChI is InChI=1S/C18H30N4OS/c1-15-19-16(14-24-15)13-21-9-11-22(12-10-21)18(23)7-6-17-5-3-4-8-20(17)2/h14,17H,3-13H2,1-2H3. The maximum absolute atomic E-state index is 12.5. The molecule has 1 atom stereocenters. The fourth-order valence-corrected chi connectivity index (χ4v) is 4.43. The molecule has 2 saturated heterocycles. The summed E-state index contributed by atoms with van der Waals surface area (Å²) in [5.74, 6) is 0.345. The first-order valence-corrected chi connectivity index (χ1v) is 10.1. The first-order chi connectivity index (χ1) is 11.6. The molecule has 0 aromatic carbocycles. The number of rotatable bonds is 5. The summed E-state index contributed by atoms with van der Waals surface area (Å²) in [6.07, 6.45) is 5.61. The van der Waals surface area contributed by atoms with E-state index in [1.165, 1.54) is 25.8 Å². The van der Waals surface area contributed by atoms with Gasteiger partial charge in [-0.05, 0) is 39.8 Å². The van der Waals surface area contributed by atoms with Gasteiger partial charge in [0.15, 0.2) is 0 Å². The Kier molecular flexibility index (Phi) is 6.25. The third-order valence-corrected chi connectivity index (χ3v) is 6.21. The number of piperidine rings is 1. The van der Waals surface area contributed by atoms with E-state index >= 15 is 0 Å². The Hall–Kier alpha value is -0.980. The molecule has 1 amide bonds. The highest BCUT2D eigenvalue weighted by Gasteiger charge is 2.24. The van der Waals surface area contributed by atoms with E-state index in [0.29, 0.717) is 18.4 Å². The number of hydrogen-bond donors (Lipinski definition) is 0. The van der Waals surface area contributed by atoms with Crippen LogP contribution in [0.15, 0.2) is 5.38 Å². The van der Waals surface area contributed by atoms with Gasteiger partial charge in [-0.2, -0.15) is 0 Å². The number of carbonyl (C=O) groups excluding carboxylic acids is 1. The zero-order valence-corrected chi connectivity index (χ0v) is 15.9. The predicted molar refractivity (Wildman–Crippen MR) is 98.2 cm³/mol. The maximum atomic E-state index is 12.5. The summed E-state index contributed by atoms with van der Waals surface area (Å²) in [5.41, 5.74) is 1.16. The lowest BCUT2D eigenvalue weighted by atomic mass is 9.98. The number of hydrogen-bond acceptors (Lipinski definition) is 5. The van der Waals surface area contributed by atoms with E-state index in [1.54, 1.807) is 11.3 Å². The number of aryl methyl sites for hydroxylation is 1. The molecule has 0 radical (unpaired) electrons. The second-order valence-corrected chi connectivity index (χ2v) is 8.25. The number of piperazine rings is 1. The highest BCUT2D eigenvalue weighted by molar-refractivity contribution is 7.09. The molecule has 2 aliphatic rings. The van der Waals surface area contributed by atoms with Crippen molar-refractivity contribution in [3.05, 3.63) is 16.1 Å². The van der Waals surface area contributed by atoms with Crippen molar-refractivity contribution in [2.45, 2.75) is 51.6 Å². The zero-order chi connectivity index (χ0) is 16.9. The van der Waals surface area contributed by atoms with Gasteiger partial charge in [-0.25, -0.2) is 4.98 Å². The summed E-state index contributed by atoms with van der Waals surface area (Å²) in [6.45, 7) is 7.81. The van der Waals surface area contributed by atoms with E-state index in [-0.39, 0.29) is 0 Å². The molecular formula is C18H30N4OS. The van der Waals surface area contributed by atoms with Gasteiger partial charge >= 0.3 is 0 Å². The number of aromatic nitrogens is 1. The van der Waals surface area contributed by atoms with Crippen LogP contribution in [0.1, 0.15) is 42.8 Å². The maximum Gasteiger partial charge on any atom is 0.222 e. The molecule has 0 N–H and O–H groups in total. The van der Waals surface area contributed by atoms with Crippen molar-refractivity contribution < 1.29 is 4.79 Å². The molecule has 3 rings (SSSR count). The summed E-state index contributed by atoms with van der Waals surface area (Å²) < 4.78 is 0. The first kappa shape index (κ1) is 17.8. The van der Waals surface area contributed by atoms with Crippen LogP contribution < -0.4 is 0 Å². The largest absolute Gasteiger partial charge is 0.340 e. The van der Waals surface area contributed by atoms with Crippen LogP contribution >= 0.6 is 11.3 Å². The predicted octanol–water partition coefficient (Wildman–Crippen LogP) is 2.36. The minimum atomic E-state index is 0.345. The summed E-state index contributed by atoms with van der Waals surface area (Å²) in [6, 6.07) is 0.608. The van der Waals surface area contributed by atoms with Crippen molar-refractivity contribution in [2.75, 3.05) is 39.8 Å². The second kappa shape index (κ2) is 8.41. The SMILES string of the molecule is Cc1nc(CN2CCN(C(=O)CCC3CCCCN3C)CC2)cs1. The average Bonchev–Trinajstić information content (AvgIpc) is 2.99. The van der Waals surface area contributed by atoms with Crippen molar-refractivity contribution in [3.8, 4) is 0 Å². The van der Waals surface area contributed by atoms with Crippen molar-refractivity contribution in [1.82, 2.24) is 19.7 Å². The lowest BCUT2D eigenvalue weighted by molar-refractivity contribution is -0.133. The van der Waals surface area contributed by atoms with Gasteiger partial charge in [-0.3, -0.25) is 9.69 Å². The van der Waals surface area contributed by atoms with Crippen LogP contribution in [-0.2, 0) is 11.3 Å². The summed E-state index contributed by atoms with van der Waals surface area (Å²) in [5, 5.41) is 3.28. The molecule has 134 valence electrons. The van der Waals surface area contributed by atoms with Gasteiger partial charge in [0.25, 0.3) is 0 Å². The Morgan fingerprint density at radius 3 is 2.71 bits per heavy atom. The minimum Gasteiger partial charge on any atom is -0.340 e. The third-order valence-electron chi connectivity index (χ3n) is 5.39. The topological polar surface area (TPSA) is 39.7 Å². The molecular weight excluding hydrogens is 320 g/mol. The van der Waals surface area contributed by atoms with E-state index < -0.39 is 0 Å². The van der Waals surface area contributed by atoms with Gasteiger partial charge in [-0.15, -0.1) is 11.3 Å². The molecule has 1 aromatic rings. The fourth-order valence-electron chi connectivity index (χ4n) is 3.82. The Balaban J connectivity index is 1.38. The van der Waals surface area contributed by atoms with E-state index in [4.69, 9.17) is 0 Å². The number of likely N-dealkylation sites (tertiary alicyclic amines) is 1. The van der Waals surface area contributed by atoms with Crippen LogP contribution in [0.25, 0.3) is 0 Å². The molecule has 0 bridgehead atoms. The molecule has 1 unspecified atom stereocenters. The molecule has 2 aliphatic heterocycles. The Morgan fingerprint density at radius 2 is 2.04 bits per heavy atom. The number of nitrogens with zero attached hydrogens (tertiary/aromatic N) is 4. The van der Waals surface area contributed by atoms with Gasteiger partial charge < -0.3 is 9.80 Å². The van der Waals surface area contributed by atoms with Gasteiger partial charge in [0.2, 0.25) is 5.91 Å². The van der Waals surface area contributed by atoms with E-state index in [9.17, 15) is 4.79 Å². The van der Waals surface area contributed by atoms with Crippen molar-refractivity contribution in [2.24, 2.45) is 0 Å². The number of carbonyl (C=O) groups is 1.